The van der Waals surface area contributed by atoms with E-state index >= 15 is 0 Å². The number of aldehydes is 1. The summed E-state index contributed by atoms with van der Waals surface area (Å²) in [6.07, 6.45) is 1.72. The Hall–Kier alpha value is -3.27. The van der Waals surface area contributed by atoms with Gasteiger partial charge in [-0.2, -0.15) is 0 Å². The van der Waals surface area contributed by atoms with Crippen molar-refractivity contribution in [2.75, 3.05) is 6.26 Å². The van der Waals surface area contributed by atoms with E-state index in [2.05, 4.69) is 0 Å². The highest BCUT2D eigenvalue weighted by atomic mass is 35.5. The Kier molecular flexibility index (Phi) is 5.96. The Morgan fingerprint density at radius 1 is 1.12 bits per heavy atom. The molecule has 0 saturated heterocycles. The van der Waals surface area contributed by atoms with Crippen molar-refractivity contribution in [3.05, 3.63) is 86.1 Å². The van der Waals surface area contributed by atoms with Crippen LogP contribution in [0.4, 0.5) is 0 Å². The maximum Gasteiger partial charge on any atom is 0.353 e. The van der Waals surface area contributed by atoms with Crippen molar-refractivity contribution in [2.24, 2.45) is 0 Å². The van der Waals surface area contributed by atoms with Crippen LogP contribution < -0.4 is 5.56 Å². The number of thiophene rings is 1. The summed E-state index contributed by atoms with van der Waals surface area (Å²) in [4.78, 5) is 37.9. The first-order chi connectivity index (χ1) is 15.6. The fourth-order valence-corrected chi connectivity index (χ4v) is 5.39. The number of carbonyl (C=O) groups excluding carboxylic acids is 1. The number of hydrogen-bond donors (Lipinski definition) is 1. The average molecular weight is 502 g/mol. The van der Waals surface area contributed by atoms with E-state index in [1.54, 1.807) is 11.4 Å². The molecule has 2 heterocycles. The van der Waals surface area contributed by atoms with E-state index in [9.17, 15) is 27.9 Å². The van der Waals surface area contributed by atoms with E-state index in [1.165, 1.54) is 53.8 Å². The van der Waals surface area contributed by atoms with E-state index in [-0.39, 0.29) is 28.1 Å². The summed E-state index contributed by atoms with van der Waals surface area (Å²) in [5.74, 6) is -1.35. The summed E-state index contributed by atoms with van der Waals surface area (Å²) in [5.41, 5.74) is 0.232. The second-order valence-electron chi connectivity index (χ2n) is 7.35. The molecule has 0 amide bonds. The minimum absolute atomic E-state index is 0.111. The number of rotatable bonds is 6. The summed E-state index contributed by atoms with van der Waals surface area (Å²) in [6.45, 7) is -0.113. The molecule has 2 aromatic heterocycles. The number of hydrogen-bond acceptors (Lipinski definition) is 6. The van der Waals surface area contributed by atoms with Gasteiger partial charge >= 0.3 is 5.97 Å². The zero-order chi connectivity index (χ0) is 23.9. The number of sulfone groups is 1. The SMILES string of the molecule is CS(=O)(=O)c1ccc(Cn2c(C(=O)O)c(-c3sccc3C=O)c3cc(Cl)ccc3c2=O)cc1. The summed E-state index contributed by atoms with van der Waals surface area (Å²) in [6, 6.07) is 12.0. The second-order valence-corrected chi connectivity index (χ2v) is 10.7. The molecule has 0 aliphatic rings. The van der Waals surface area contributed by atoms with Crippen molar-refractivity contribution in [2.45, 2.75) is 11.4 Å². The highest BCUT2D eigenvalue weighted by Crippen LogP contribution is 2.37. The molecule has 0 unspecified atom stereocenters. The fourth-order valence-electron chi connectivity index (χ4n) is 3.66. The number of pyridine rings is 1. The Morgan fingerprint density at radius 3 is 2.42 bits per heavy atom. The lowest BCUT2D eigenvalue weighted by Crippen LogP contribution is -2.28. The van der Waals surface area contributed by atoms with Crippen LogP contribution in [0.1, 0.15) is 26.4 Å². The minimum atomic E-state index is -3.41. The fraction of sp³-hybridized carbons (Fsp3) is 0.0870. The number of aromatic nitrogens is 1. The number of benzene rings is 2. The standard InChI is InChI=1S/C23H16ClNO6S2/c1-33(30,31)16-5-2-13(3-6-16)11-25-20(23(28)29)19(21-14(12-26)8-9-32-21)18-10-15(24)4-7-17(18)22(25)27/h2-10,12H,11H2,1H3,(H,28,29). The Bertz CT molecular complexity index is 1580. The lowest BCUT2D eigenvalue weighted by Gasteiger charge is -2.17. The van der Waals surface area contributed by atoms with Crippen LogP contribution in [0.3, 0.4) is 0 Å². The molecule has 168 valence electrons. The predicted octanol–water partition coefficient (Wildman–Crippen LogP) is 4.35. The molecule has 2 aromatic carbocycles. The monoisotopic (exact) mass is 501 g/mol. The van der Waals surface area contributed by atoms with Gasteiger partial charge in [0.1, 0.15) is 5.69 Å². The normalized spacial score (nSPS) is 11.6. The van der Waals surface area contributed by atoms with Gasteiger partial charge in [-0.3, -0.25) is 14.2 Å². The Balaban J connectivity index is 2.04. The molecule has 0 bridgehead atoms. The second kappa shape index (κ2) is 8.58. The molecule has 10 heteroatoms. The molecule has 0 aliphatic carbocycles. The number of aromatic carboxylic acids is 1. The molecular weight excluding hydrogens is 486 g/mol. The van der Waals surface area contributed by atoms with Crippen molar-refractivity contribution in [1.29, 1.82) is 0 Å². The molecule has 0 radical (unpaired) electrons. The molecule has 33 heavy (non-hydrogen) atoms. The number of carboxylic acid groups (broad SMARTS) is 1. The average Bonchev–Trinajstić information content (AvgIpc) is 3.23. The maximum atomic E-state index is 13.4. The zero-order valence-corrected chi connectivity index (χ0v) is 19.5. The van der Waals surface area contributed by atoms with Crippen molar-refractivity contribution >= 4 is 55.8 Å². The predicted molar refractivity (Wildman–Crippen MR) is 128 cm³/mol. The number of halogens is 1. The molecule has 4 rings (SSSR count). The molecule has 0 fully saturated rings. The molecule has 0 spiro atoms. The topological polar surface area (TPSA) is 111 Å². The number of fused-ring (bicyclic) bond motifs is 1. The van der Waals surface area contributed by atoms with Crippen molar-refractivity contribution in [3.63, 3.8) is 0 Å². The quantitative estimate of drug-likeness (QED) is 0.393. The molecule has 0 aliphatic heterocycles. The third kappa shape index (κ3) is 4.22. The van der Waals surface area contributed by atoms with Crippen LogP contribution in [0, 0.1) is 0 Å². The summed E-state index contributed by atoms with van der Waals surface area (Å²) >= 11 is 7.34. The van der Waals surface area contributed by atoms with Gasteiger partial charge in [0.15, 0.2) is 16.1 Å². The molecule has 0 atom stereocenters. The summed E-state index contributed by atoms with van der Waals surface area (Å²) in [7, 11) is -3.41. The van der Waals surface area contributed by atoms with Gasteiger partial charge in [0.25, 0.3) is 5.56 Å². The largest absolute Gasteiger partial charge is 0.477 e. The summed E-state index contributed by atoms with van der Waals surface area (Å²) < 4.78 is 24.6. The van der Waals surface area contributed by atoms with Crippen molar-refractivity contribution in [3.8, 4) is 10.4 Å². The van der Waals surface area contributed by atoms with Crippen LogP contribution in [0.25, 0.3) is 21.2 Å². The van der Waals surface area contributed by atoms with Gasteiger partial charge in [0.05, 0.1) is 11.4 Å². The van der Waals surface area contributed by atoms with Crippen LogP contribution in [-0.4, -0.2) is 36.6 Å². The van der Waals surface area contributed by atoms with Gasteiger partial charge in [-0.15, -0.1) is 11.3 Å². The molecule has 7 nitrogen and oxygen atoms in total. The zero-order valence-electron chi connectivity index (χ0n) is 17.1. The van der Waals surface area contributed by atoms with Gasteiger partial charge in [-0.25, -0.2) is 13.2 Å². The van der Waals surface area contributed by atoms with E-state index in [0.717, 1.165) is 10.8 Å². The van der Waals surface area contributed by atoms with Crippen LogP contribution in [-0.2, 0) is 16.4 Å². The van der Waals surface area contributed by atoms with Gasteiger partial charge in [-0.1, -0.05) is 23.7 Å². The molecule has 1 N–H and O–H groups in total. The number of carboxylic acids is 1. The van der Waals surface area contributed by atoms with Gasteiger partial charge < -0.3 is 5.11 Å². The van der Waals surface area contributed by atoms with Crippen LogP contribution in [0.15, 0.2) is 63.6 Å². The molecular formula is C23H16ClNO6S2. The highest BCUT2D eigenvalue weighted by molar-refractivity contribution is 7.90. The first-order valence-electron chi connectivity index (χ1n) is 9.53. The third-order valence-electron chi connectivity index (χ3n) is 5.18. The smallest absolute Gasteiger partial charge is 0.353 e. The van der Waals surface area contributed by atoms with Crippen molar-refractivity contribution in [1.82, 2.24) is 4.57 Å². The lowest BCUT2D eigenvalue weighted by molar-refractivity contribution is 0.0685. The van der Waals surface area contributed by atoms with E-state index in [1.807, 2.05) is 0 Å². The number of nitrogens with zero attached hydrogens (tertiary/aromatic N) is 1. The van der Waals surface area contributed by atoms with Crippen molar-refractivity contribution < 1.29 is 23.1 Å². The first-order valence-corrected chi connectivity index (χ1v) is 12.7. The van der Waals surface area contributed by atoms with Crippen LogP contribution in [0.5, 0.6) is 0 Å². The van der Waals surface area contributed by atoms with Gasteiger partial charge in [0, 0.05) is 32.7 Å². The highest BCUT2D eigenvalue weighted by Gasteiger charge is 2.25. The Morgan fingerprint density at radius 2 is 1.82 bits per heavy atom. The Labute approximate surface area is 197 Å². The minimum Gasteiger partial charge on any atom is -0.477 e. The van der Waals surface area contributed by atoms with E-state index in [4.69, 9.17) is 11.6 Å². The molecule has 0 saturated carbocycles. The number of carbonyl (C=O) groups is 2. The summed E-state index contributed by atoms with van der Waals surface area (Å²) in [5, 5.41) is 12.7. The van der Waals surface area contributed by atoms with Gasteiger partial charge in [0.2, 0.25) is 0 Å². The van der Waals surface area contributed by atoms with Crippen LogP contribution >= 0.6 is 22.9 Å². The van der Waals surface area contributed by atoms with Gasteiger partial charge in [-0.05, 0) is 52.7 Å². The molecule has 4 aromatic rings. The third-order valence-corrected chi connectivity index (χ3v) is 7.49. The van der Waals surface area contributed by atoms with E-state index in [0.29, 0.717) is 32.7 Å². The maximum absolute atomic E-state index is 13.4. The van der Waals surface area contributed by atoms with E-state index < -0.39 is 21.4 Å². The van der Waals surface area contributed by atoms with Crippen LogP contribution in [0.2, 0.25) is 5.02 Å². The first kappa shape index (κ1) is 22.9. The lowest BCUT2D eigenvalue weighted by atomic mass is 9.99.